The Morgan fingerprint density at radius 2 is 1.93 bits per heavy atom. The van der Waals surface area contributed by atoms with Crippen LogP contribution in [0.1, 0.15) is 81.2 Å². The standard InChI is InChI=1S/C22H33N5O2/c1-15(2)26-13-18(16(3)24-26)20(28)25-14-22(7-9-29-10-8-22)19(25)17-11-23-27(12-17)21(4,5)6/h11-13,15,19H,7-10,14H2,1-6H3. The highest BCUT2D eigenvalue weighted by Gasteiger charge is 2.56. The Kier molecular flexibility index (Phi) is 4.84. The number of nitrogens with zero attached hydrogens (tertiary/aromatic N) is 5. The van der Waals surface area contributed by atoms with Crippen molar-refractivity contribution in [2.45, 2.75) is 72.0 Å². The zero-order chi connectivity index (χ0) is 21.0. The first kappa shape index (κ1) is 20.1. The maximum atomic E-state index is 13.5. The maximum absolute atomic E-state index is 13.5. The van der Waals surface area contributed by atoms with Gasteiger partial charge in [-0.15, -0.1) is 0 Å². The van der Waals surface area contributed by atoms with E-state index in [0.717, 1.165) is 43.9 Å². The number of hydrogen-bond donors (Lipinski definition) is 0. The van der Waals surface area contributed by atoms with Gasteiger partial charge in [0, 0.05) is 49.2 Å². The summed E-state index contributed by atoms with van der Waals surface area (Å²) in [7, 11) is 0. The summed E-state index contributed by atoms with van der Waals surface area (Å²) in [6, 6.07) is 0.270. The van der Waals surface area contributed by atoms with E-state index in [1.807, 2.05) is 33.6 Å². The number of likely N-dealkylation sites (tertiary alicyclic amines) is 1. The zero-order valence-electron chi connectivity index (χ0n) is 18.5. The molecule has 1 amide bonds. The lowest BCUT2D eigenvalue weighted by molar-refractivity contribution is -0.115. The van der Waals surface area contributed by atoms with Crippen LogP contribution in [0.25, 0.3) is 0 Å². The first-order chi connectivity index (χ1) is 13.6. The van der Waals surface area contributed by atoms with Crippen molar-refractivity contribution in [1.82, 2.24) is 24.5 Å². The van der Waals surface area contributed by atoms with Crippen LogP contribution in [0.15, 0.2) is 18.6 Å². The number of carbonyl (C=O) groups is 1. The second kappa shape index (κ2) is 6.97. The van der Waals surface area contributed by atoms with Crippen molar-refractivity contribution in [3.8, 4) is 0 Å². The molecule has 2 aliphatic heterocycles. The lowest BCUT2D eigenvalue weighted by Crippen LogP contribution is -2.62. The second-order valence-electron chi connectivity index (χ2n) is 9.90. The molecule has 7 heteroatoms. The summed E-state index contributed by atoms with van der Waals surface area (Å²) in [5.74, 6) is 0.0695. The van der Waals surface area contributed by atoms with Gasteiger partial charge in [0.2, 0.25) is 0 Å². The van der Waals surface area contributed by atoms with Crippen LogP contribution >= 0.6 is 0 Å². The van der Waals surface area contributed by atoms with E-state index in [2.05, 4.69) is 51.0 Å². The van der Waals surface area contributed by atoms with Crippen molar-refractivity contribution >= 4 is 5.91 Å². The number of aryl methyl sites for hydroxylation is 1. The molecule has 1 atom stereocenters. The molecule has 0 N–H and O–H groups in total. The molecule has 2 fully saturated rings. The van der Waals surface area contributed by atoms with Gasteiger partial charge in [0.25, 0.3) is 5.91 Å². The molecule has 4 heterocycles. The van der Waals surface area contributed by atoms with Gasteiger partial charge in [-0.1, -0.05) is 0 Å². The molecule has 158 valence electrons. The number of rotatable bonds is 3. The second-order valence-corrected chi connectivity index (χ2v) is 9.90. The molecule has 4 rings (SSSR count). The first-order valence-corrected chi connectivity index (χ1v) is 10.6. The minimum absolute atomic E-state index is 0.0387. The molecule has 2 aliphatic rings. The fourth-order valence-electron chi connectivity index (χ4n) is 4.62. The summed E-state index contributed by atoms with van der Waals surface area (Å²) in [6.07, 6.45) is 7.91. The molecule has 2 aromatic heterocycles. The van der Waals surface area contributed by atoms with E-state index in [9.17, 15) is 4.79 Å². The largest absolute Gasteiger partial charge is 0.381 e. The van der Waals surface area contributed by atoms with Crippen LogP contribution in [0.2, 0.25) is 0 Å². The highest BCUT2D eigenvalue weighted by molar-refractivity contribution is 5.96. The maximum Gasteiger partial charge on any atom is 0.257 e. The van der Waals surface area contributed by atoms with Crippen molar-refractivity contribution in [2.24, 2.45) is 5.41 Å². The number of hydrogen-bond acceptors (Lipinski definition) is 4. The lowest BCUT2D eigenvalue weighted by Gasteiger charge is -2.59. The monoisotopic (exact) mass is 399 g/mol. The number of carbonyl (C=O) groups excluding carboxylic acids is 1. The van der Waals surface area contributed by atoms with Crippen molar-refractivity contribution in [2.75, 3.05) is 19.8 Å². The van der Waals surface area contributed by atoms with Crippen molar-refractivity contribution in [3.63, 3.8) is 0 Å². The van der Waals surface area contributed by atoms with Crippen molar-refractivity contribution < 1.29 is 9.53 Å². The average molecular weight is 400 g/mol. The van der Waals surface area contributed by atoms with Crippen LogP contribution in [0.3, 0.4) is 0 Å². The van der Waals surface area contributed by atoms with Crippen molar-refractivity contribution in [1.29, 1.82) is 0 Å². The highest BCUT2D eigenvalue weighted by Crippen LogP contribution is 2.55. The molecule has 1 unspecified atom stereocenters. The SMILES string of the molecule is Cc1nn(C(C)C)cc1C(=O)N1CC2(CCOCC2)C1c1cnn(C(C)(C)C)c1. The Morgan fingerprint density at radius 3 is 2.48 bits per heavy atom. The smallest absolute Gasteiger partial charge is 0.257 e. The Hall–Kier alpha value is -2.15. The normalized spacial score (nSPS) is 21.6. The van der Waals surface area contributed by atoms with Gasteiger partial charge >= 0.3 is 0 Å². The predicted octanol–water partition coefficient (Wildman–Crippen LogP) is 3.72. The average Bonchev–Trinajstić information content (AvgIpc) is 3.27. The van der Waals surface area contributed by atoms with Gasteiger partial charge in [-0.05, 0) is 54.4 Å². The van der Waals surface area contributed by atoms with E-state index in [-0.39, 0.29) is 28.9 Å². The van der Waals surface area contributed by atoms with Crippen LogP contribution in [0.4, 0.5) is 0 Å². The molecule has 29 heavy (non-hydrogen) atoms. The van der Waals surface area contributed by atoms with Crippen LogP contribution in [0, 0.1) is 12.3 Å². The highest BCUT2D eigenvalue weighted by atomic mass is 16.5. The molecule has 2 aromatic rings. The quantitative estimate of drug-likeness (QED) is 0.789. The molecular weight excluding hydrogens is 366 g/mol. The molecular formula is C22H33N5O2. The molecule has 0 radical (unpaired) electrons. The van der Waals surface area contributed by atoms with Crippen LogP contribution in [-0.2, 0) is 10.3 Å². The Morgan fingerprint density at radius 1 is 1.24 bits per heavy atom. The molecule has 0 saturated carbocycles. The van der Waals surface area contributed by atoms with E-state index in [4.69, 9.17) is 4.74 Å². The predicted molar refractivity (Wildman–Crippen MR) is 111 cm³/mol. The molecule has 0 aromatic carbocycles. The molecule has 1 spiro atoms. The van der Waals surface area contributed by atoms with Crippen LogP contribution < -0.4 is 0 Å². The Labute approximate surface area is 173 Å². The van der Waals surface area contributed by atoms with E-state index in [0.29, 0.717) is 5.56 Å². The van der Waals surface area contributed by atoms with Gasteiger partial charge in [0.1, 0.15) is 0 Å². The minimum Gasteiger partial charge on any atom is -0.381 e. The first-order valence-electron chi connectivity index (χ1n) is 10.6. The third-order valence-corrected chi connectivity index (χ3v) is 6.41. The molecule has 0 bridgehead atoms. The summed E-state index contributed by atoms with van der Waals surface area (Å²) in [5, 5.41) is 9.15. The molecule has 0 aliphatic carbocycles. The topological polar surface area (TPSA) is 65.2 Å². The third kappa shape index (κ3) is 3.39. The number of amides is 1. The van der Waals surface area contributed by atoms with Gasteiger partial charge in [-0.3, -0.25) is 14.2 Å². The van der Waals surface area contributed by atoms with Gasteiger partial charge in [-0.2, -0.15) is 10.2 Å². The third-order valence-electron chi connectivity index (χ3n) is 6.41. The summed E-state index contributed by atoms with van der Waals surface area (Å²) in [6.45, 7) is 14.8. The van der Waals surface area contributed by atoms with Crippen molar-refractivity contribution in [3.05, 3.63) is 35.4 Å². The van der Waals surface area contributed by atoms with Gasteiger partial charge < -0.3 is 9.64 Å². The fraction of sp³-hybridized carbons (Fsp3) is 0.682. The summed E-state index contributed by atoms with van der Waals surface area (Å²) >= 11 is 0. The lowest BCUT2D eigenvalue weighted by atomic mass is 9.64. The van der Waals surface area contributed by atoms with Gasteiger partial charge in [0.15, 0.2) is 0 Å². The number of ether oxygens (including phenoxy) is 1. The van der Waals surface area contributed by atoms with Gasteiger partial charge in [-0.25, -0.2) is 0 Å². The summed E-state index contributed by atoms with van der Waals surface area (Å²) in [5.41, 5.74) is 2.61. The minimum atomic E-state index is -0.0886. The zero-order valence-corrected chi connectivity index (χ0v) is 18.5. The number of aromatic nitrogens is 4. The van der Waals surface area contributed by atoms with E-state index < -0.39 is 0 Å². The van der Waals surface area contributed by atoms with Gasteiger partial charge in [0.05, 0.1) is 29.0 Å². The molecule has 2 saturated heterocycles. The fourth-order valence-corrected chi connectivity index (χ4v) is 4.62. The van der Waals surface area contributed by atoms with Crippen LogP contribution in [0.5, 0.6) is 0 Å². The van der Waals surface area contributed by atoms with Crippen LogP contribution in [-0.4, -0.2) is 50.1 Å². The Bertz CT molecular complexity index is 899. The molecule has 7 nitrogen and oxygen atoms in total. The summed E-state index contributed by atoms with van der Waals surface area (Å²) in [4.78, 5) is 15.5. The van der Waals surface area contributed by atoms with E-state index >= 15 is 0 Å². The van der Waals surface area contributed by atoms with E-state index in [1.54, 1.807) is 0 Å². The Balaban J connectivity index is 1.68. The summed E-state index contributed by atoms with van der Waals surface area (Å²) < 4.78 is 9.51. The van der Waals surface area contributed by atoms with E-state index in [1.165, 1.54) is 0 Å².